The molecule has 0 saturated heterocycles. The average molecular weight is 377 g/mol. The number of nitrogens with one attached hydrogen (secondary N) is 1. The molecule has 0 aliphatic rings. The first kappa shape index (κ1) is 18.1. The van der Waals surface area contributed by atoms with Crippen molar-refractivity contribution in [2.75, 3.05) is 20.1 Å². The van der Waals surface area contributed by atoms with E-state index >= 15 is 0 Å². The van der Waals surface area contributed by atoms with Crippen molar-refractivity contribution in [3.05, 3.63) is 28.0 Å². The lowest BCUT2D eigenvalue weighted by molar-refractivity contribution is 0.439. The minimum absolute atomic E-state index is 0.0799. The van der Waals surface area contributed by atoms with Crippen LogP contribution in [0.5, 0.6) is 0 Å². The summed E-state index contributed by atoms with van der Waals surface area (Å²) in [5, 5.41) is 2.81. The topological polar surface area (TPSA) is 49.4 Å². The van der Waals surface area contributed by atoms with Crippen molar-refractivity contribution in [1.29, 1.82) is 0 Å². The predicted octanol–water partition coefficient (Wildman–Crippen LogP) is 2.34. The fraction of sp³-hybridized carbons (Fsp3) is 0.429. The van der Waals surface area contributed by atoms with Crippen LogP contribution in [0, 0.1) is 18.2 Å². The Morgan fingerprint density at radius 2 is 2.14 bits per heavy atom. The van der Waals surface area contributed by atoms with Crippen LogP contribution >= 0.6 is 15.9 Å². The molecule has 1 N–H and O–H groups in total. The van der Waals surface area contributed by atoms with Crippen LogP contribution in [0.4, 0.5) is 4.39 Å². The standard InChI is InChI=1S/C14H18BrFN2O2S/c1-4-6-18(7-5-2)21(19,20)13-9-12(15)8-11(10-17-3)14(13)16/h1,8-9,17H,5-7,10H2,2-3H3. The number of nitrogens with zero attached hydrogens (tertiary/aromatic N) is 1. The predicted molar refractivity (Wildman–Crippen MR) is 84.7 cm³/mol. The van der Waals surface area contributed by atoms with Crippen molar-refractivity contribution in [1.82, 2.24) is 9.62 Å². The summed E-state index contributed by atoms with van der Waals surface area (Å²) in [6.45, 7) is 2.24. The minimum atomic E-state index is -3.96. The molecule has 0 amide bonds. The van der Waals surface area contributed by atoms with Crippen LogP contribution in [0.2, 0.25) is 0 Å². The summed E-state index contributed by atoms with van der Waals surface area (Å²) in [6, 6.07) is 2.82. The first-order valence-corrected chi connectivity index (χ1v) is 8.67. The van der Waals surface area contributed by atoms with E-state index in [1.807, 2.05) is 6.92 Å². The maximum Gasteiger partial charge on any atom is 0.246 e. The van der Waals surface area contributed by atoms with Gasteiger partial charge in [0.05, 0.1) is 6.54 Å². The van der Waals surface area contributed by atoms with Crippen LogP contribution in [-0.2, 0) is 16.6 Å². The molecule has 0 aromatic heterocycles. The molecule has 7 heteroatoms. The van der Waals surface area contributed by atoms with Gasteiger partial charge in [0, 0.05) is 23.1 Å². The zero-order chi connectivity index (χ0) is 16.0. The highest BCUT2D eigenvalue weighted by molar-refractivity contribution is 9.10. The number of halogens is 2. The smallest absolute Gasteiger partial charge is 0.246 e. The second-order valence-electron chi connectivity index (χ2n) is 4.45. The van der Waals surface area contributed by atoms with E-state index in [4.69, 9.17) is 6.42 Å². The molecule has 0 unspecified atom stereocenters. The first-order chi connectivity index (χ1) is 9.88. The van der Waals surface area contributed by atoms with Gasteiger partial charge >= 0.3 is 0 Å². The van der Waals surface area contributed by atoms with Gasteiger partial charge in [-0.2, -0.15) is 4.31 Å². The van der Waals surface area contributed by atoms with Crippen molar-refractivity contribution < 1.29 is 12.8 Å². The molecule has 0 heterocycles. The van der Waals surface area contributed by atoms with Crippen molar-refractivity contribution in [2.24, 2.45) is 0 Å². The fourth-order valence-corrected chi connectivity index (χ4v) is 4.14. The molecule has 4 nitrogen and oxygen atoms in total. The number of benzene rings is 1. The molecule has 0 aliphatic carbocycles. The third kappa shape index (κ3) is 4.27. The second-order valence-corrected chi connectivity index (χ2v) is 7.27. The molecule has 0 aliphatic heterocycles. The summed E-state index contributed by atoms with van der Waals surface area (Å²) in [4.78, 5) is -0.356. The van der Waals surface area contributed by atoms with E-state index in [-0.39, 0.29) is 30.1 Å². The first-order valence-electron chi connectivity index (χ1n) is 6.44. The Labute approximate surface area is 133 Å². The maximum absolute atomic E-state index is 14.5. The Kier molecular flexibility index (Phi) is 6.81. The summed E-state index contributed by atoms with van der Waals surface area (Å²) in [5.74, 6) is 1.56. The summed E-state index contributed by atoms with van der Waals surface area (Å²) in [6.07, 6.45) is 5.81. The van der Waals surface area contributed by atoms with Crippen LogP contribution in [0.15, 0.2) is 21.5 Å². The number of sulfonamides is 1. The van der Waals surface area contributed by atoms with Gasteiger partial charge < -0.3 is 5.32 Å². The maximum atomic E-state index is 14.5. The summed E-state index contributed by atoms with van der Waals surface area (Å²) < 4.78 is 41.3. The van der Waals surface area contributed by atoms with Crippen LogP contribution in [-0.4, -0.2) is 32.9 Å². The molecule has 0 fully saturated rings. The van der Waals surface area contributed by atoms with E-state index in [9.17, 15) is 12.8 Å². The van der Waals surface area contributed by atoms with Gasteiger partial charge in [-0.15, -0.1) is 6.42 Å². The molecule has 1 rings (SSSR count). The molecule has 0 radical (unpaired) electrons. The fourth-order valence-electron chi connectivity index (χ4n) is 1.90. The highest BCUT2D eigenvalue weighted by Gasteiger charge is 2.28. The van der Waals surface area contributed by atoms with Crippen molar-refractivity contribution >= 4 is 26.0 Å². The van der Waals surface area contributed by atoms with Crippen molar-refractivity contribution in [3.8, 4) is 12.3 Å². The SMILES string of the molecule is C#CCN(CCC)S(=O)(=O)c1cc(Br)cc(CNC)c1F. The van der Waals surface area contributed by atoms with Crippen molar-refractivity contribution in [3.63, 3.8) is 0 Å². The van der Waals surface area contributed by atoms with E-state index in [1.54, 1.807) is 13.1 Å². The lowest BCUT2D eigenvalue weighted by atomic mass is 10.2. The molecule has 0 bridgehead atoms. The number of terminal acetylenes is 1. The molecule has 116 valence electrons. The molecule has 21 heavy (non-hydrogen) atoms. The van der Waals surface area contributed by atoms with E-state index < -0.39 is 15.8 Å². The van der Waals surface area contributed by atoms with Crippen molar-refractivity contribution in [2.45, 2.75) is 24.8 Å². The van der Waals surface area contributed by atoms with Gasteiger partial charge in [0.25, 0.3) is 0 Å². The Hall–Kier alpha value is -0.940. The monoisotopic (exact) mass is 376 g/mol. The zero-order valence-corrected chi connectivity index (χ0v) is 14.4. The van der Waals surface area contributed by atoms with Gasteiger partial charge in [0.2, 0.25) is 10.0 Å². The summed E-state index contributed by atoms with van der Waals surface area (Å²) in [5.41, 5.74) is 0.280. The molecular formula is C14H18BrFN2O2S. The molecule has 0 spiro atoms. The highest BCUT2D eigenvalue weighted by atomic mass is 79.9. The molecule has 1 aromatic rings. The molecular weight excluding hydrogens is 359 g/mol. The summed E-state index contributed by atoms with van der Waals surface area (Å²) in [7, 11) is -2.30. The average Bonchev–Trinajstić information content (AvgIpc) is 2.42. The number of rotatable bonds is 7. The van der Waals surface area contributed by atoms with E-state index in [2.05, 4.69) is 27.2 Å². The summed E-state index contributed by atoms with van der Waals surface area (Å²) >= 11 is 3.22. The zero-order valence-electron chi connectivity index (χ0n) is 12.0. The Bertz CT molecular complexity index is 641. The largest absolute Gasteiger partial charge is 0.316 e. The second kappa shape index (κ2) is 7.90. The van der Waals surface area contributed by atoms with Crippen LogP contribution in [0.3, 0.4) is 0 Å². The van der Waals surface area contributed by atoms with Gasteiger partial charge in [-0.3, -0.25) is 0 Å². The van der Waals surface area contributed by atoms with E-state index in [1.165, 1.54) is 6.07 Å². The number of hydrogen-bond donors (Lipinski definition) is 1. The normalized spacial score (nSPS) is 11.6. The minimum Gasteiger partial charge on any atom is -0.316 e. The number of hydrogen-bond acceptors (Lipinski definition) is 3. The lowest BCUT2D eigenvalue weighted by Gasteiger charge is -2.20. The van der Waals surface area contributed by atoms with Gasteiger partial charge in [-0.25, -0.2) is 12.8 Å². The van der Waals surface area contributed by atoms with Gasteiger partial charge in [0.15, 0.2) is 0 Å². The Morgan fingerprint density at radius 1 is 1.48 bits per heavy atom. The van der Waals surface area contributed by atoms with Gasteiger partial charge in [0.1, 0.15) is 10.7 Å². The highest BCUT2D eigenvalue weighted by Crippen LogP contribution is 2.26. The van der Waals surface area contributed by atoms with Crippen LogP contribution in [0.1, 0.15) is 18.9 Å². The van der Waals surface area contributed by atoms with Crippen LogP contribution < -0.4 is 5.32 Å². The van der Waals surface area contributed by atoms with Gasteiger partial charge in [-0.1, -0.05) is 28.8 Å². The van der Waals surface area contributed by atoms with Crippen LogP contribution in [0.25, 0.3) is 0 Å². The molecule has 1 aromatic carbocycles. The third-order valence-corrected chi connectivity index (χ3v) is 5.11. The lowest BCUT2D eigenvalue weighted by Crippen LogP contribution is -2.33. The van der Waals surface area contributed by atoms with E-state index in [0.717, 1.165) is 4.31 Å². The third-order valence-electron chi connectivity index (χ3n) is 2.81. The Morgan fingerprint density at radius 3 is 2.67 bits per heavy atom. The molecule has 0 saturated carbocycles. The molecule has 0 atom stereocenters. The van der Waals surface area contributed by atoms with E-state index in [0.29, 0.717) is 10.9 Å². The van der Waals surface area contributed by atoms with Gasteiger partial charge in [-0.05, 0) is 25.6 Å². The Balaban J connectivity index is 3.39. The quantitative estimate of drug-likeness (QED) is 0.743.